The fourth-order valence-corrected chi connectivity index (χ4v) is 3.84. The van der Waals surface area contributed by atoms with Gasteiger partial charge in [-0.15, -0.1) is 11.3 Å². The Bertz CT molecular complexity index is 983. The average molecular weight is 409 g/mol. The summed E-state index contributed by atoms with van der Waals surface area (Å²) in [5.74, 6) is -0.713. The molecule has 0 aliphatic rings. The summed E-state index contributed by atoms with van der Waals surface area (Å²) in [5, 5.41) is 2.72. The average Bonchev–Trinajstić information content (AvgIpc) is 3.15. The summed E-state index contributed by atoms with van der Waals surface area (Å²) in [6.07, 6.45) is 0.0443. The number of rotatable bonds is 7. The number of esters is 1. The third-order valence-corrected chi connectivity index (χ3v) is 5.26. The number of para-hydroxylation sites is 1. The molecule has 150 valence electrons. The van der Waals surface area contributed by atoms with Gasteiger partial charge in [-0.1, -0.05) is 42.0 Å². The molecule has 0 atom stereocenters. The van der Waals surface area contributed by atoms with E-state index >= 15 is 0 Å². The van der Waals surface area contributed by atoms with Crippen LogP contribution in [0, 0.1) is 6.92 Å². The molecule has 0 N–H and O–H groups in total. The Kier molecular flexibility index (Phi) is 6.77. The van der Waals surface area contributed by atoms with Crippen LogP contribution in [0.3, 0.4) is 0 Å². The van der Waals surface area contributed by atoms with Gasteiger partial charge < -0.3 is 9.64 Å². The van der Waals surface area contributed by atoms with Crippen LogP contribution in [0.1, 0.15) is 25.1 Å². The molecule has 3 aromatic rings. The SMILES string of the molecule is Cc1cccc(-c2nc(CC(=O)OCC(=O)N(c3ccccc3)C(C)C)cs2)c1. The van der Waals surface area contributed by atoms with Gasteiger partial charge in [-0.3, -0.25) is 9.59 Å². The molecular formula is C23H24N2O3S. The van der Waals surface area contributed by atoms with Gasteiger partial charge in [0.15, 0.2) is 6.61 Å². The summed E-state index contributed by atoms with van der Waals surface area (Å²) in [6, 6.07) is 17.4. The molecule has 0 radical (unpaired) electrons. The maximum atomic E-state index is 12.6. The Balaban J connectivity index is 1.58. The molecule has 1 amide bonds. The highest BCUT2D eigenvalue weighted by atomic mass is 32.1. The van der Waals surface area contributed by atoms with Gasteiger partial charge in [0.1, 0.15) is 5.01 Å². The van der Waals surface area contributed by atoms with Crippen molar-refractivity contribution < 1.29 is 14.3 Å². The van der Waals surface area contributed by atoms with Gasteiger partial charge in [-0.05, 0) is 39.0 Å². The maximum Gasteiger partial charge on any atom is 0.312 e. The van der Waals surface area contributed by atoms with Gasteiger partial charge in [-0.25, -0.2) is 4.98 Å². The molecule has 0 fully saturated rings. The van der Waals surface area contributed by atoms with E-state index in [0.717, 1.165) is 21.8 Å². The Labute approximate surface area is 175 Å². The van der Waals surface area contributed by atoms with Crippen molar-refractivity contribution >= 4 is 28.9 Å². The summed E-state index contributed by atoms with van der Waals surface area (Å²) in [4.78, 5) is 31.0. The van der Waals surface area contributed by atoms with E-state index in [1.165, 1.54) is 11.3 Å². The number of amides is 1. The van der Waals surface area contributed by atoms with Gasteiger partial charge in [0.2, 0.25) is 0 Å². The van der Waals surface area contributed by atoms with Crippen LogP contribution >= 0.6 is 11.3 Å². The molecular weight excluding hydrogens is 384 g/mol. The molecule has 0 spiro atoms. The lowest BCUT2D eigenvalue weighted by Gasteiger charge is -2.26. The first-order valence-corrected chi connectivity index (χ1v) is 10.4. The number of nitrogens with zero attached hydrogens (tertiary/aromatic N) is 2. The van der Waals surface area contributed by atoms with Gasteiger partial charge in [-0.2, -0.15) is 0 Å². The normalized spacial score (nSPS) is 10.8. The molecule has 0 aliphatic heterocycles. The highest BCUT2D eigenvalue weighted by molar-refractivity contribution is 7.13. The Morgan fingerprint density at radius 2 is 1.86 bits per heavy atom. The van der Waals surface area contributed by atoms with E-state index < -0.39 is 5.97 Å². The van der Waals surface area contributed by atoms with Gasteiger partial charge in [0, 0.05) is 22.7 Å². The molecule has 0 saturated heterocycles. The molecule has 0 bridgehead atoms. The lowest BCUT2D eigenvalue weighted by atomic mass is 10.1. The Hall–Kier alpha value is -2.99. The zero-order valence-electron chi connectivity index (χ0n) is 16.8. The lowest BCUT2D eigenvalue weighted by molar-refractivity contribution is -0.147. The van der Waals surface area contributed by atoms with Crippen LogP contribution in [-0.2, 0) is 20.7 Å². The van der Waals surface area contributed by atoms with Crippen molar-refractivity contribution in [1.29, 1.82) is 0 Å². The standard InChI is InChI=1S/C23H24N2O3S/c1-16(2)25(20-10-5-4-6-11-20)21(26)14-28-22(27)13-19-15-29-23(24-19)18-9-7-8-17(3)12-18/h4-12,15-16H,13-14H2,1-3H3. The molecule has 1 aromatic heterocycles. The second kappa shape index (κ2) is 9.47. The van der Waals surface area contributed by atoms with E-state index in [4.69, 9.17) is 4.74 Å². The zero-order chi connectivity index (χ0) is 20.8. The highest BCUT2D eigenvalue weighted by Crippen LogP contribution is 2.24. The third kappa shape index (κ3) is 5.51. The Morgan fingerprint density at radius 3 is 2.55 bits per heavy atom. The van der Waals surface area contributed by atoms with Crippen LogP contribution in [0.15, 0.2) is 60.0 Å². The highest BCUT2D eigenvalue weighted by Gasteiger charge is 2.20. The van der Waals surface area contributed by atoms with Gasteiger partial charge in [0.05, 0.1) is 12.1 Å². The summed E-state index contributed by atoms with van der Waals surface area (Å²) in [7, 11) is 0. The molecule has 6 heteroatoms. The van der Waals surface area contributed by atoms with E-state index in [2.05, 4.69) is 11.1 Å². The number of aromatic nitrogens is 1. The number of aryl methyl sites for hydroxylation is 1. The number of hydrogen-bond acceptors (Lipinski definition) is 5. The molecule has 1 heterocycles. The maximum absolute atomic E-state index is 12.6. The fraction of sp³-hybridized carbons (Fsp3) is 0.261. The van der Waals surface area contributed by atoms with Gasteiger partial charge in [0.25, 0.3) is 5.91 Å². The van der Waals surface area contributed by atoms with Crippen molar-refractivity contribution in [2.45, 2.75) is 33.2 Å². The molecule has 29 heavy (non-hydrogen) atoms. The minimum absolute atomic E-state index is 0.0426. The Morgan fingerprint density at radius 1 is 1.10 bits per heavy atom. The predicted octanol–water partition coefficient (Wildman–Crippen LogP) is 4.65. The van der Waals surface area contributed by atoms with Crippen LogP contribution in [0.5, 0.6) is 0 Å². The summed E-state index contributed by atoms with van der Waals surface area (Å²) in [5.41, 5.74) is 3.61. The second-order valence-corrected chi connectivity index (χ2v) is 7.90. The molecule has 0 unspecified atom stereocenters. The van der Waals surface area contributed by atoms with Crippen molar-refractivity contribution in [2.24, 2.45) is 0 Å². The summed E-state index contributed by atoms with van der Waals surface area (Å²) >= 11 is 1.49. The molecule has 3 rings (SSSR count). The lowest BCUT2D eigenvalue weighted by Crippen LogP contribution is -2.40. The van der Waals surface area contributed by atoms with Crippen molar-refractivity contribution in [1.82, 2.24) is 4.98 Å². The zero-order valence-corrected chi connectivity index (χ0v) is 17.6. The molecule has 5 nitrogen and oxygen atoms in total. The first-order valence-electron chi connectivity index (χ1n) is 9.48. The van der Waals surface area contributed by atoms with E-state index in [0.29, 0.717) is 5.69 Å². The second-order valence-electron chi connectivity index (χ2n) is 7.04. The van der Waals surface area contributed by atoms with E-state index in [1.807, 2.05) is 74.7 Å². The van der Waals surface area contributed by atoms with Crippen LogP contribution in [0.2, 0.25) is 0 Å². The van der Waals surface area contributed by atoms with Crippen LogP contribution in [0.25, 0.3) is 10.6 Å². The van der Waals surface area contributed by atoms with E-state index in [1.54, 1.807) is 4.90 Å². The van der Waals surface area contributed by atoms with Crippen molar-refractivity contribution in [2.75, 3.05) is 11.5 Å². The minimum atomic E-state index is -0.462. The number of thiazole rings is 1. The van der Waals surface area contributed by atoms with Crippen LogP contribution < -0.4 is 4.90 Å². The number of carbonyl (C=O) groups excluding carboxylic acids is 2. The van der Waals surface area contributed by atoms with Gasteiger partial charge >= 0.3 is 5.97 Å². The third-order valence-electron chi connectivity index (χ3n) is 4.32. The molecule has 0 aliphatic carbocycles. The van der Waals surface area contributed by atoms with E-state index in [9.17, 15) is 9.59 Å². The van der Waals surface area contributed by atoms with Crippen LogP contribution in [-0.4, -0.2) is 29.5 Å². The molecule has 2 aromatic carbocycles. The van der Waals surface area contributed by atoms with Crippen LogP contribution in [0.4, 0.5) is 5.69 Å². The molecule has 0 saturated carbocycles. The quantitative estimate of drug-likeness (QED) is 0.534. The predicted molar refractivity (Wildman–Crippen MR) is 116 cm³/mol. The summed E-state index contributed by atoms with van der Waals surface area (Å²) in [6.45, 7) is 5.59. The smallest absolute Gasteiger partial charge is 0.312 e. The largest absolute Gasteiger partial charge is 0.455 e. The van der Waals surface area contributed by atoms with Crippen molar-refractivity contribution in [3.05, 3.63) is 71.2 Å². The monoisotopic (exact) mass is 408 g/mol. The first-order chi connectivity index (χ1) is 13.9. The topological polar surface area (TPSA) is 59.5 Å². The number of anilines is 1. The first kappa shape index (κ1) is 20.7. The fourth-order valence-electron chi connectivity index (χ4n) is 3.03. The van der Waals surface area contributed by atoms with Crippen molar-refractivity contribution in [3.63, 3.8) is 0 Å². The summed E-state index contributed by atoms with van der Waals surface area (Å²) < 4.78 is 5.23. The van der Waals surface area contributed by atoms with E-state index in [-0.39, 0.29) is 25.0 Å². The number of carbonyl (C=O) groups is 2. The number of ether oxygens (including phenoxy) is 1. The van der Waals surface area contributed by atoms with Crippen molar-refractivity contribution in [3.8, 4) is 10.6 Å². The number of benzene rings is 2. The minimum Gasteiger partial charge on any atom is -0.455 e. The number of hydrogen-bond donors (Lipinski definition) is 0.